The maximum absolute atomic E-state index is 12.9. The Bertz CT molecular complexity index is 1000. The number of hydrogen-bond donors (Lipinski definition) is 1. The third kappa shape index (κ3) is 5.37. The second kappa shape index (κ2) is 10.5. The molecular formula is C26H29NO4. The number of rotatable bonds is 9. The number of aryl methyl sites for hydroxylation is 2. The summed E-state index contributed by atoms with van der Waals surface area (Å²) in [7, 11) is 4.74. The van der Waals surface area contributed by atoms with Crippen molar-refractivity contribution < 1.29 is 19.0 Å². The van der Waals surface area contributed by atoms with Gasteiger partial charge in [-0.1, -0.05) is 66.2 Å². The molecule has 3 rings (SSSR count). The largest absolute Gasteiger partial charge is 0.493 e. The lowest BCUT2D eigenvalue weighted by molar-refractivity contribution is -0.121. The lowest BCUT2D eigenvalue weighted by Gasteiger charge is -2.20. The molecule has 162 valence electrons. The van der Waals surface area contributed by atoms with Crippen molar-refractivity contribution in [1.29, 1.82) is 0 Å². The van der Waals surface area contributed by atoms with Gasteiger partial charge in [0.25, 0.3) is 0 Å². The topological polar surface area (TPSA) is 56.8 Å². The van der Waals surface area contributed by atoms with Crippen LogP contribution in [0.4, 0.5) is 0 Å². The first-order chi connectivity index (χ1) is 15.1. The molecule has 0 aromatic heterocycles. The molecule has 0 heterocycles. The zero-order valence-electron chi connectivity index (χ0n) is 18.5. The molecule has 0 aliphatic heterocycles. The van der Waals surface area contributed by atoms with Crippen LogP contribution >= 0.6 is 0 Å². The monoisotopic (exact) mass is 419 g/mol. The van der Waals surface area contributed by atoms with Crippen LogP contribution in [-0.2, 0) is 11.2 Å². The van der Waals surface area contributed by atoms with Gasteiger partial charge in [-0.3, -0.25) is 4.79 Å². The molecule has 1 unspecified atom stereocenters. The lowest BCUT2D eigenvalue weighted by atomic mass is 9.97. The minimum absolute atomic E-state index is 0.0359. The van der Waals surface area contributed by atoms with Gasteiger partial charge in [-0.2, -0.15) is 0 Å². The Hall–Kier alpha value is -3.47. The zero-order valence-corrected chi connectivity index (χ0v) is 18.5. The summed E-state index contributed by atoms with van der Waals surface area (Å²) in [6, 6.07) is 21.8. The Labute approximate surface area is 184 Å². The van der Waals surface area contributed by atoms with Crippen LogP contribution in [0.5, 0.6) is 17.2 Å². The average Bonchev–Trinajstić information content (AvgIpc) is 2.81. The van der Waals surface area contributed by atoms with Crippen LogP contribution in [0.1, 0.15) is 34.7 Å². The third-order valence-corrected chi connectivity index (χ3v) is 5.26. The number of carbonyl (C=O) groups excluding carboxylic acids is 1. The van der Waals surface area contributed by atoms with E-state index in [0.29, 0.717) is 30.1 Å². The van der Waals surface area contributed by atoms with E-state index in [0.717, 1.165) is 16.7 Å². The first-order valence-electron chi connectivity index (χ1n) is 10.3. The molecule has 31 heavy (non-hydrogen) atoms. The average molecular weight is 420 g/mol. The van der Waals surface area contributed by atoms with Crippen LogP contribution in [0.3, 0.4) is 0 Å². The van der Waals surface area contributed by atoms with Crippen LogP contribution < -0.4 is 19.5 Å². The van der Waals surface area contributed by atoms with Gasteiger partial charge in [0, 0.05) is 6.42 Å². The predicted octanol–water partition coefficient (Wildman–Crippen LogP) is 4.86. The SMILES string of the molecule is COc1ccc(CCC(=O)NC(c2ccccc2)c2ccc(C)cc2)c(OC)c1OC. The summed E-state index contributed by atoms with van der Waals surface area (Å²) in [5, 5.41) is 3.19. The van der Waals surface area contributed by atoms with E-state index >= 15 is 0 Å². The molecule has 0 fully saturated rings. The number of amides is 1. The third-order valence-electron chi connectivity index (χ3n) is 5.26. The van der Waals surface area contributed by atoms with E-state index in [2.05, 4.69) is 36.5 Å². The van der Waals surface area contributed by atoms with Crippen molar-refractivity contribution in [1.82, 2.24) is 5.32 Å². The standard InChI is InChI=1S/C26H29NO4/c1-18-10-12-20(13-11-18)24(19-8-6-5-7-9-19)27-23(28)17-15-21-14-16-22(29-2)26(31-4)25(21)30-3/h5-14,16,24H,15,17H2,1-4H3,(H,27,28). The van der Waals surface area contributed by atoms with Crippen molar-refractivity contribution in [2.45, 2.75) is 25.8 Å². The summed E-state index contributed by atoms with van der Waals surface area (Å²) in [6.07, 6.45) is 0.839. The van der Waals surface area contributed by atoms with Crippen molar-refractivity contribution in [3.8, 4) is 17.2 Å². The quantitative estimate of drug-likeness (QED) is 0.538. The molecule has 0 radical (unpaired) electrons. The zero-order chi connectivity index (χ0) is 22.2. The van der Waals surface area contributed by atoms with Gasteiger partial charge in [-0.15, -0.1) is 0 Å². The number of ether oxygens (including phenoxy) is 3. The number of hydrogen-bond acceptors (Lipinski definition) is 4. The Morgan fingerprint density at radius 2 is 1.45 bits per heavy atom. The molecule has 0 aliphatic carbocycles. The van der Waals surface area contributed by atoms with E-state index in [1.54, 1.807) is 21.3 Å². The van der Waals surface area contributed by atoms with Gasteiger partial charge in [0.1, 0.15) is 0 Å². The van der Waals surface area contributed by atoms with Gasteiger partial charge in [-0.25, -0.2) is 0 Å². The molecule has 0 saturated carbocycles. The van der Waals surface area contributed by atoms with Gasteiger partial charge < -0.3 is 19.5 Å². The summed E-state index contributed by atoms with van der Waals surface area (Å²) < 4.78 is 16.3. The summed E-state index contributed by atoms with van der Waals surface area (Å²) in [6.45, 7) is 2.05. The summed E-state index contributed by atoms with van der Waals surface area (Å²) in [5.41, 5.74) is 4.17. The highest BCUT2D eigenvalue weighted by atomic mass is 16.5. The van der Waals surface area contributed by atoms with E-state index in [4.69, 9.17) is 14.2 Å². The van der Waals surface area contributed by atoms with Gasteiger partial charge in [0.15, 0.2) is 11.5 Å². The van der Waals surface area contributed by atoms with Crippen molar-refractivity contribution in [3.05, 3.63) is 89.0 Å². The van der Waals surface area contributed by atoms with Crippen molar-refractivity contribution in [3.63, 3.8) is 0 Å². The number of benzene rings is 3. The molecule has 5 nitrogen and oxygen atoms in total. The molecule has 0 spiro atoms. The molecule has 5 heteroatoms. The molecule has 0 saturated heterocycles. The van der Waals surface area contributed by atoms with E-state index < -0.39 is 0 Å². The Morgan fingerprint density at radius 1 is 0.806 bits per heavy atom. The fourth-order valence-electron chi connectivity index (χ4n) is 3.60. The number of carbonyl (C=O) groups is 1. The minimum atomic E-state index is -0.207. The fraction of sp³-hybridized carbons (Fsp3) is 0.269. The highest BCUT2D eigenvalue weighted by Crippen LogP contribution is 2.40. The molecular weight excluding hydrogens is 390 g/mol. The number of nitrogens with one attached hydrogen (secondary N) is 1. The van der Waals surface area contributed by atoms with Crippen molar-refractivity contribution in [2.75, 3.05) is 21.3 Å². The van der Waals surface area contributed by atoms with E-state index in [-0.39, 0.29) is 11.9 Å². The maximum Gasteiger partial charge on any atom is 0.221 e. The van der Waals surface area contributed by atoms with E-state index in [1.807, 2.05) is 42.5 Å². The van der Waals surface area contributed by atoms with Crippen LogP contribution in [0, 0.1) is 6.92 Å². The maximum atomic E-state index is 12.9. The summed E-state index contributed by atoms with van der Waals surface area (Å²) in [4.78, 5) is 12.9. The highest BCUT2D eigenvalue weighted by molar-refractivity contribution is 5.77. The molecule has 1 amide bonds. The van der Waals surface area contributed by atoms with E-state index in [9.17, 15) is 4.79 Å². The van der Waals surface area contributed by atoms with E-state index in [1.165, 1.54) is 5.56 Å². The second-order valence-corrected chi connectivity index (χ2v) is 7.32. The van der Waals surface area contributed by atoms with Crippen molar-refractivity contribution in [2.24, 2.45) is 0 Å². The Balaban J connectivity index is 1.77. The van der Waals surface area contributed by atoms with Crippen LogP contribution in [0.2, 0.25) is 0 Å². The molecule has 0 aliphatic rings. The summed E-state index contributed by atoms with van der Waals surface area (Å²) in [5.74, 6) is 1.68. The van der Waals surface area contributed by atoms with Crippen LogP contribution in [0.25, 0.3) is 0 Å². The first-order valence-corrected chi connectivity index (χ1v) is 10.3. The molecule has 0 bridgehead atoms. The van der Waals surface area contributed by atoms with Gasteiger partial charge >= 0.3 is 0 Å². The van der Waals surface area contributed by atoms with Crippen molar-refractivity contribution >= 4 is 5.91 Å². The molecule has 3 aromatic carbocycles. The minimum Gasteiger partial charge on any atom is -0.493 e. The first kappa shape index (κ1) is 22.2. The van der Waals surface area contributed by atoms with Gasteiger partial charge in [0.2, 0.25) is 11.7 Å². The smallest absolute Gasteiger partial charge is 0.221 e. The second-order valence-electron chi connectivity index (χ2n) is 7.32. The molecule has 1 atom stereocenters. The Kier molecular flexibility index (Phi) is 7.55. The normalized spacial score (nSPS) is 11.5. The lowest BCUT2D eigenvalue weighted by Crippen LogP contribution is -2.29. The van der Waals surface area contributed by atoms with Gasteiger partial charge in [-0.05, 0) is 36.1 Å². The highest BCUT2D eigenvalue weighted by Gasteiger charge is 2.19. The summed E-state index contributed by atoms with van der Waals surface area (Å²) >= 11 is 0. The van der Waals surface area contributed by atoms with Crippen LogP contribution in [-0.4, -0.2) is 27.2 Å². The molecule has 1 N–H and O–H groups in total. The number of methoxy groups -OCH3 is 3. The Morgan fingerprint density at radius 3 is 2.06 bits per heavy atom. The van der Waals surface area contributed by atoms with Crippen LogP contribution in [0.15, 0.2) is 66.7 Å². The van der Waals surface area contributed by atoms with Gasteiger partial charge in [0.05, 0.1) is 27.4 Å². The fourth-order valence-corrected chi connectivity index (χ4v) is 3.60. The molecule has 3 aromatic rings. The predicted molar refractivity (Wildman–Crippen MR) is 122 cm³/mol.